The smallest absolute Gasteiger partial charge is 0.407 e. The van der Waals surface area contributed by atoms with Gasteiger partial charge in [-0.1, -0.05) is 0 Å². The van der Waals surface area contributed by atoms with Crippen LogP contribution in [0.25, 0.3) is 22.0 Å². The fourth-order valence-electron chi connectivity index (χ4n) is 3.90. The number of aromatic nitrogens is 3. The number of rotatable bonds is 4. The normalized spacial score (nSPS) is 22.4. The highest BCUT2D eigenvalue weighted by molar-refractivity contribution is 5.98. The van der Waals surface area contributed by atoms with Crippen molar-refractivity contribution in [3.05, 3.63) is 42.4 Å². The Morgan fingerprint density at radius 2 is 2.20 bits per heavy atom. The fourth-order valence-corrected chi connectivity index (χ4v) is 3.90. The van der Waals surface area contributed by atoms with E-state index in [1.54, 1.807) is 24.7 Å². The molecule has 3 aromatic rings. The SMILES string of the molecule is Cc1ccncc1-c1cc2cc(NC(=O)[C@@H]3C[C@H]3C3CNC(=O)O3)ncc2c(N)n1. The van der Waals surface area contributed by atoms with Crippen molar-refractivity contribution in [3.8, 4) is 11.3 Å². The number of ether oxygens (including phenoxy) is 1. The van der Waals surface area contributed by atoms with Crippen molar-refractivity contribution >= 4 is 34.4 Å². The number of pyridine rings is 3. The van der Waals surface area contributed by atoms with Gasteiger partial charge in [-0.3, -0.25) is 9.78 Å². The first-order chi connectivity index (χ1) is 14.5. The van der Waals surface area contributed by atoms with Crippen molar-refractivity contribution in [2.75, 3.05) is 17.6 Å². The molecule has 2 fully saturated rings. The van der Waals surface area contributed by atoms with Gasteiger partial charge in [0, 0.05) is 41.4 Å². The van der Waals surface area contributed by atoms with E-state index in [0.29, 0.717) is 35.7 Å². The Morgan fingerprint density at radius 1 is 1.33 bits per heavy atom. The number of carbonyl (C=O) groups is 2. The van der Waals surface area contributed by atoms with E-state index in [1.807, 2.05) is 19.1 Å². The van der Waals surface area contributed by atoms with Gasteiger partial charge in [-0.15, -0.1) is 0 Å². The zero-order chi connectivity index (χ0) is 20.8. The molecule has 0 bridgehead atoms. The van der Waals surface area contributed by atoms with Crippen LogP contribution in [0.3, 0.4) is 0 Å². The summed E-state index contributed by atoms with van der Waals surface area (Å²) in [6.45, 7) is 2.44. The van der Waals surface area contributed by atoms with Gasteiger partial charge in [0.2, 0.25) is 5.91 Å². The molecule has 2 aliphatic rings. The molecule has 5 rings (SSSR count). The van der Waals surface area contributed by atoms with Gasteiger partial charge in [0.15, 0.2) is 0 Å². The van der Waals surface area contributed by atoms with Crippen molar-refractivity contribution in [1.29, 1.82) is 0 Å². The van der Waals surface area contributed by atoms with Gasteiger partial charge in [0.1, 0.15) is 17.7 Å². The minimum Gasteiger partial charge on any atom is -0.444 e. The van der Waals surface area contributed by atoms with Crippen LogP contribution in [0, 0.1) is 18.8 Å². The van der Waals surface area contributed by atoms with E-state index in [1.165, 1.54) is 0 Å². The molecule has 3 atom stereocenters. The van der Waals surface area contributed by atoms with E-state index in [4.69, 9.17) is 10.5 Å². The average molecular weight is 404 g/mol. The van der Waals surface area contributed by atoms with E-state index >= 15 is 0 Å². The fraction of sp³-hybridized carbons (Fsp3) is 0.286. The number of alkyl carbamates (subject to hydrolysis) is 1. The zero-order valence-corrected chi connectivity index (χ0v) is 16.3. The molecule has 1 aliphatic carbocycles. The number of nitrogen functional groups attached to an aromatic ring is 1. The summed E-state index contributed by atoms with van der Waals surface area (Å²) >= 11 is 0. The average Bonchev–Trinajstić information content (AvgIpc) is 3.42. The molecule has 1 aliphatic heterocycles. The van der Waals surface area contributed by atoms with Gasteiger partial charge in [0.25, 0.3) is 0 Å². The number of carbonyl (C=O) groups excluding carboxylic acids is 2. The molecule has 2 amide bonds. The third-order valence-electron chi connectivity index (χ3n) is 5.67. The molecule has 4 N–H and O–H groups in total. The molecule has 0 spiro atoms. The van der Waals surface area contributed by atoms with E-state index in [9.17, 15) is 9.59 Å². The lowest BCUT2D eigenvalue weighted by Crippen LogP contribution is -2.22. The predicted octanol–water partition coefficient (Wildman–Crippen LogP) is 2.27. The number of hydrogen-bond donors (Lipinski definition) is 3. The lowest BCUT2D eigenvalue weighted by atomic mass is 10.1. The van der Waals surface area contributed by atoms with Gasteiger partial charge in [-0.05, 0) is 42.5 Å². The van der Waals surface area contributed by atoms with Gasteiger partial charge >= 0.3 is 6.09 Å². The Kier molecular flexibility index (Phi) is 4.23. The minimum absolute atomic E-state index is 0.0457. The molecule has 9 nitrogen and oxygen atoms in total. The number of anilines is 2. The van der Waals surface area contributed by atoms with Crippen LogP contribution in [0.1, 0.15) is 12.0 Å². The first-order valence-corrected chi connectivity index (χ1v) is 9.72. The number of hydrogen-bond acceptors (Lipinski definition) is 7. The van der Waals surface area contributed by atoms with E-state index in [2.05, 4.69) is 25.6 Å². The summed E-state index contributed by atoms with van der Waals surface area (Å²) in [4.78, 5) is 36.8. The second kappa shape index (κ2) is 6.94. The summed E-state index contributed by atoms with van der Waals surface area (Å²) in [7, 11) is 0. The van der Waals surface area contributed by atoms with Crippen LogP contribution in [0.2, 0.25) is 0 Å². The lowest BCUT2D eigenvalue weighted by Gasteiger charge is -2.10. The van der Waals surface area contributed by atoms with E-state index < -0.39 is 6.09 Å². The van der Waals surface area contributed by atoms with Crippen LogP contribution in [-0.2, 0) is 9.53 Å². The second-order valence-corrected chi connectivity index (χ2v) is 7.69. The number of amides is 2. The highest BCUT2D eigenvalue weighted by Crippen LogP contribution is 2.44. The number of nitrogens with two attached hydrogens (primary N) is 1. The van der Waals surface area contributed by atoms with Crippen LogP contribution in [0.5, 0.6) is 0 Å². The molecule has 1 saturated carbocycles. The minimum atomic E-state index is -0.423. The summed E-state index contributed by atoms with van der Waals surface area (Å²) in [5, 5.41) is 7.03. The third-order valence-corrected chi connectivity index (χ3v) is 5.67. The Bertz CT molecular complexity index is 1180. The number of nitrogens with zero attached hydrogens (tertiary/aromatic N) is 3. The molecule has 0 aromatic carbocycles. The summed E-state index contributed by atoms with van der Waals surface area (Å²) in [5.41, 5.74) is 8.80. The van der Waals surface area contributed by atoms with Crippen molar-refractivity contribution in [2.24, 2.45) is 11.8 Å². The van der Waals surface area contributed by atoms with Crippen LogP contribution < -0.4 is 16.4 Å². The summed E-state index contributed by atoms with van der Waals surface area (Å²) in [6, 6.07) is 5.62. The van der Waals surface area contributed by atoms with Crippen molar-refractivity contribution < 1.29 is 14.3 Å². The molecule has 30 heavy (non-hydrogen) atoms. The zero-order valence-electron chi connectivity index (χ0n) is 16.3. The van der Waals surface area contributed by atoms with Gasteiger partial charge in [-0.25, -0.2) is 14.8 Å². The largest absolute Gasteiger partial charge is 0.444 e. The molecule has 152 valence electrons. The van der Waals surface area contributed by atoms with Crippen molar-refractivity contribution in [2.45, 2.75) is 19.4 Å². The van der Waals surface area contributed by atoms with Gasteiger partial charge in [0.05, 0.1) is 12.2 Å². The van der Waals surface area contributed by atoms with Gasteiger partial charge in [-0.2, -0.15) is 0 Å². The molecule has 9 heteroatoms. The van der Waals surface area contributed by atoms with Crippen LogP contribution in [0.15, 0.2) is 36.8 Å². The summed E-state index contributed by atoms with van der Waals surface area (Å²) in [5.74, 6) is 0.550. The first-order valence-electron chi connectivity index (χ1n) is 9.72. The number of cyclic esters (lactones) is 1. The maximum atomic E-state index is 12.6. The van der Waals surface area contributed by atoms with Gasteiger partial charge < -0.3 is 21.1 Å². The van der Waals surface area contributed by atoms with Crippen LogP contribution in [0.4, 0.5) is 16.4 Å². The van der Waals surface area contributed by atoms with Crippen molar-refractivity contribution in [3.63, 3.8) is 0 Å². The maximum Gasteiger partial charge on any atom is 0.407 e. The molecule has 4 heterocycles. The summed E-state index contributed by atoms with van der Waals surface area (Å²) in [6.07, 6.45) is 5.13. The molecule has 1 unspecified atom stereocenters. The summed E-state index contributed by atoms with van der Waals surface area (Å²) < 4.78 is 5.18. The number of aryl methyl sites for hydroxylation is 1. The maximum absolute atomic E-state index is 12.6. The first kappa shape index (κ1) is 18.3. The molecule has 3 aromatic heterocycles. The Hall–Kier alpha value is -3.75. The van der Waals surface area contributed by atoms with E-state index in [-0.39, 0.29) is 23.8 Å². The second-order valence-electron chi connectivity index (χ2n) is 7.69. The monoisotopic (exact) mass is 404 g/mol. The standard InChI is InChI=1S/C21H20N6O3/c1-10-2-3-23-7-14(10)16-4-11-5-18(24-8-15(11)19(22)26-16)27-20(28)13-6-12(13)17-9-25-21(29)30-17/h2-5,7-8,12-13,17H,6,9H2,1H3,(H2,22,26)(H,25,29)(H,24,27,28)/t12-,13-,17?/m1/s1. The Labute approximate surface area is 172 Å². The van der Waals surface area contributed by atoms with Crippen LogP contribution in [-0.4, -0.2) is 39.6 Å². The van der Waals surface area contributed by atoms with E-state index in [0.717, 1.165) is 16.5 Å². The molecular weight excluding hydrogens is 384 g/mol. The third kappa shape index (κ3) is 3.28. The topological polar surface area (TPSA) is 132 Å². The quantitative estimate of drug-likeness (QED) is 0.607. The number of fused-ring (bicyclic) bond motifs is 1. The highest BCUT2D eigenvalue weighted by Gasteiger charge is 2.51. The van der Waals surface area contributed by atoms with Crippen molar-refractivity contribution in [1.82, 2.24) is 20.3 Å². The Morgan fingerprint density at radius 3 is 2.97 bits per heavy atom. The predicted molar refractivity (Wildman–Crippen MR) is 110 cm³/mol. The molecule has 1 saturated heterocycles. The van der Waals surface area contributed by atoms with Crippen LogP contribution >= 0.6 is 0 Å². The number of nitrogens with one attached hydrogen (secondary N) is 2. The molecule has 0 radical (unpaired) electrons. The Balaban J connectivity index is 1.37. The molecular formula is C21H20N6O3. The highest BCUT2D eigenvalue weighted by atomic mass is 16.6. The lowest BCUT2D eigenvalue weighted by molar-refractivity contribution is -0.117.